The first-order valence-corrected chi connectivity index (χ1v) is 19.3. The Hall–Kier alpha value is -3.65. The minimum atomic E-state index is -3.83. The molecule has 8 heteroatoms. The molecule has 1 atom stereocenters. The maximum Gasteiger partial charge on any atom is 0.244 e. The van der Waals surface area contributed by atoms with E-state index in [9.17, 15) is 18.0 Å². The summed E-state index contributed by atoms with van der Waals surface area (Å²) in [7, 11) is -3.83. The lowest BCUT2D eigenvalue weighted by Gasteiger charge is -2.57. The highest BCUT2D eigenvalue weighted by Crippen LogP contribution is 2.60. The normalized spacial score (nSPS) is 23.8. The Labute approximate surface area is 287 Å². The number of amides is 2. The summed E-state index contributed by atoms with van der Waals surface area (Å²) in [6.07, 6.45) is 9.18. The van der Waals surface area contributed by atoms with Crippen LogP contribution in [0.4, 0.5) is 5.69 Å². The summed E-state index contributed by atoms with van der Waals surface area (Å²) in [5, 5.41) is 3.08. The van der Waals surface area contributed by atoms with E-state index in [0.717, 1.165) is 40.7 Å². The van der Waals surface area contributed by atoms with Gasteiger partial charge in [-0.3, -0.25) is 13.9 Å². The van der Waals surface area contributed by atoms with E-state index in [1.807, 2.05) is 94.4 Å². The molecule has 4 bridgehead atoms. The number of nitrogens with zero attached hydrogens (tertiary/aromatic N) is 2. The molecule has 0 unspecified atom stereocenters. The van der Waals surface area contributed by atoms with E-state index in [4.69, 9.17) is 0 Å². The molecule has 0 spiro atoms. The molecule has 4 aliphatic rings. The molecule has 0 aromatic heterocycles. The topological polar surface area (TPSA) is 86.8 Å². The average molecular weight is 670 g/mol. The van der Waals surface area contributed by atoms with Crippen molar-refractivity contribution < 1.29 is 18.0 Å². The van der Waals surface area contributed by atoms with Crippen LogP contribution in [0.2, 0.25) is 0 Å². The van der Waals surface area contributed by atoms with Crippen LogP contribution in [-0.2, 0) is 38.0 Å². The van der Waals surface area contributed by atoms with Gasteiger partial charge < -0.3 is 10.2 Å². The number of benzene rings is 3. The summed E-state index contributed by atoms with van der Waals surface area (Å²) in [5.74, 6) is 1.70. The van der Waals surface area contributed by atoms with Crippen LogP contribution in [-0.4, -0.2) is 49.5 Å². The van der Waals surface area contributed by atoms with Crippen LogP contribution in [0.5, 0.6) is 0 Å². The molecule has 1 N–H and O–H groups in total. The summed E-state index contributed by atoms with van der Waals surface area (Å²) < 4.78 is 27.9. The van der Waals surface area contributed by atoms with Crippen LogP contribution in [0.25, 0.3) is 0 Å². The highest BCUT2D eigenvalue weighted by molar-refractivity contribution is 7.92. The van der Waals surface area contributed by atoms with Crippen LogP contribution in [0.3, 0.4) is 0 Å². The highest BCUT2D eigenvalue weighted by Gasteiger charge is 2.51. The van der Waals surface area contributed by atoms with E-state index < -0.39 is 34.1 Å². The first kappa shape index (κ1) is 34.2. The van der Waals surface area contributed by atoms with Gasteiger partial charge in [-0.2, -0.15) is 0 Å². The summed E-state index contributed by atoms with van der Waals surface area (Å²) in [6, 6.07) is 24.6. The Morgan fingerprint density at radius 1 is 0.854 bits per heavy atom. The van der Waals surface area contributed by atoms with E-state index in [0.29, 0.717) is 12.1 Å². The highest BCUT2D eigenvalue weighted by atomic mass is 32.2. The van der Waals surface area contributed by atoms with Crippen molar-refractivity contribution in [3.63, 3.8) is 0 Å². The predicted molar refractivity (Wildman–Crippen MR) is 192 cm³/mol. The first-order valence-electron chi connectivity index (χ1n) is 17.5. The molecular formula is C40H51N3O4S. The van der Waals surface area contributed by atoms with Gasteiger partial charge >= 0.3 is 0 Å². The number of aryl methyl sites for hydroxylation is 1. The molecule has 7 rings (SSSR count). The molecule has 0 aliphatic heterocycles. The third-order valence-corrected chi connectivity index (χ3v) is 11.8. The largest absolute Gasteiger partial charge is 0.350 e. The second-order valence-corrected chi connectivity index (χ2v) is 17.9. The minimum absolute atomic E-state index is 0.165. The van der Waals surface area contributed by atoms with E-state index in [1.165, 1.54) is 48.4 Å². The van der Waals surface area contributed by atoms with Gasteiger partial charge in [-0.25, -0.2) is 8.42 Å². The zero-order valence-corrected chi connectivity index (χ0v) is 29.9. The molecule has 7 nitrogen and oxygen atoms in total. The van der Waals surface area contributed by atoms with Crippen LogP contribution in [0, 0.1) is 24.7 Å². The summed E-state index contributed by atoms with van der Waals surface area (Å²) >= 11 is 0. The van der Waals surface area contributed by atoms with Crippen molar-refractivity contribution in [1.29, 1.82) is 0 Å². The Balaban J connectivity index is 1.31. The molecular weight excluding hydrogens is 619 g/mol. The molecule has 0 radical (unpaired) electrons. The van der Waals surface area contributed by atoms with Gasteiger partial charge in [0.1, 0.15) is 12.6 Å². The number of sulfonamides is 1. The number of carbonyl (C=O) groups excluding carboxylic acids is 2. The Kier molecular flexibility index (Phi) is 9.51. The Bertz CT molecular complexity index is 1690. The summed E-state index contributed by atoms with van der Waals surface area (Å²) in [6.45, 7) is 7.48. The van der Waals surface area contributed by atoms with E-state index in [1.54, 1.807) is 4.90 Å². The number of carbonyl (C=O) groups is 2. The molecule has 4 saturated carbocycles. The molecule has 3 aromatic rings. The number of hydrogen-bond acceptors (Lipinski definition) is 4. The smallest absolute Gasteiger partial charge is 0.244 e. The van der Waals surface area contributed by atoms with Gasteiger partial charge in [0.15, 0.2) is 0 Å². The van der Waals surface area contributed by atoms with Crippen molar-refractivity contribution in [1.82, 2.24) is 10.2 Å². The van der Waals surface area contributed by atoms with Crippen molar-refractivity contribution in [3.8, 4) is 0 Å². The van der Waals surface area contributed by atoms with Crippen LogP contribution in [0.1, 0.15) is 81.5 Å². The van der Waals surface area contributed by atoms with Gasteiger partial charge in [0.05, 0.1) is 11.9 Å². The van der Waals surface area contributed by atoms with E-state index >= 15 is 0 Å². The molecule has 48 heavy (non-hydrogen) atoms. The van der Waals surface area contributed by atoms with E-state index in [-0.39, 0.29) is 17.9 Å². The molecule has 256 valence electrons. The predicted octanol–water partition coefficient (Wildman–Crippen LogP) is 6.78. The number of anilines is 1. The zero-order valence-electron chi connectivity index (χ0n) is 29.1. The van der Waals surface area contributed by atoms with Crippen molar-refractivity contribution >= 4 is 27.5 Å². The molecule has 0 heterocycles. The number of hydrogen-bond donors (Lipinski definition) is 1. The van der Waals surface area contributed by atoms with Crippen molar-refractivity contribution in [2.24, 2.45) is 17.8 Å². The van der Waals surface area contributed by atoms with Gasteiger partial charge in [0, 0.05) is 18.5 Å². The zero-order chi connectivity index (χ0) is 34.3. The standard InChI is InChI=1S/C40H51N3O4S/c1-28-10-9-13-30(18-28)26-42(36(38(45)41-39(2,3)4)22-29-11-7-6-8-12-29)37(44)27-43(48(5,46)47)35-16-14-34(15-17-35)40-23-31-19-32(24-40)21-33(20-31)25-40/h6-18,31-33,36H,19-27H2,1-5H3,(H,41,45)/t31?,32?,33?,36-,40?/m0/s1. The second kappa shape index (κ2) is 13.3. The maximum absolute atomic E-state index is 14.5. The maximum atomic E-state index is 14.5. The van der Waals surface area contributed by atoms with Crippen molar-refractivity contribution in [3.05, 3.63) is 101 Å². The van der Waals surface area contributed by atoms with Gasteiger partial charge in [-0.05, 0) is 118 Å². The molecule has 0 saturated heterocycles. The Morgan fingerprint density at radius 2 is 1.44 bits per heavy atom. The fourth-order valence-corrected chi connectivity index (χ4v) is 9.92. The number of nitrogens with one attached hydrogen (secondary N) is 1. The van der Waals surface area contributed by atoms with Crippen molar-refractivity contribution in [2.45, 2.75) is 96.2 Å². The summed E-state index contributed by atoms with van der Waals surface area (Å²) in [5.41, 5.74) is 4.25. The van der Waals surface area contributed by atoms with Gasteiger partial charge in [0.2, 0.25) is 21.8 Å². The van der Waals surface area contributed by atoms with Crippen LogP contribution < -0.4 is 9.62 Å². The van der Waals surface area contributed by atoms with Crippen LogP contribution in [0.15, 0.2) is 78.9 Å². The molecule has 3 aromatic carbocycles. The third kappa shape index (κ3) is 7.80. The summed E-state index contributed by atoms with van der Waals surface area (Å²) in [4.78, 5) is 30.0. The Morgan fingerprint density at radius 3 is 1.98 bits per heavy atom. The average Bonchev–Trinajstić information content (AvgIpc) is 3.00. The van der Waals surface area contributed by atoms with Gasteiger partial charge in [-0.1, -0.05) is 72.3 Å². The van der Waals surface area contributed by atoms with E-state index in [2.05, 4.69) is 17.4 Å². The lowest BCUT2D eigenvalue weighted by molar-refractivity contribution is -0.140. The molecule has 2 amide bonds. The van der Waals surface area contributed by atoms with Gasteiger partial charge in [-0.15, -0.1) is 0 Å². The minimum Gasteiger partial charge on any atom is -0.350 e. The fourth-order valence-electron chi connectivity index (χ4n) is 9.07. The fraction of sp³-hybridized carbons (Fsp3) is 0.500. The third-order valence-electron chi connectivity index (χ3n) is 10.7. The molecule has 4 fully saturated rings. The quantitative estimate of drug-likeness (QED) is 0.244. The van der Waals surface area contributed by atoms with Crippen molar-refractivity contribution in [2.75, 3.05) is 17.1 Å². The lowest BCUT2D eigenvalue weighted by atomic mass is 9.48. The van der Waals surface area contributed by atoms with Gasteiger partial charge in [0.25, 0.3) is 0 Å². The van der Waals surface area contributed by atoms with Crippen LogP contribution >= 0.6 is 0 Å². The lowest BCUT2D eigenvalue weighted by Crippen LogP contribution is -2.56. The SMILES string of the molecule is Cc1cccc(CN(C(=O)CN(c2ccc(C34CC5CC(CC(C5)C3)C4)cc2)S(C)(=O)=O)[C@@H](Cc2ccccc2)C(=O)NC(C)(C)C)c1. The number of rotatable bonds is 11. The first-order chi connectivity index (χ1) is 22.7. The molecule has 4 aliphatic carbocycles. The second-order valence-electron chi connectivity index (χ2n) is 16.0. The monoisotopic (exact) mass is 669 g/mol.